The molecule has 3 amide bonds. The molecule has 6 heteroatoms. The number of carbonyl (C=O) groups excluding carboxylic acids is 2. The molecular formula is C20H26N4O2. The molecular weight excluding hydrogens is 328 g/mol. The zero-order chi connectivity index (χ0) is 18.8. The van der Waals surface area contributed by atoms with E-state index >= 15 is 0 Å². The second-order valence-corrected chi connectivity index (χ2v) is 6.55. The van der Waals surface area contributed by atoms with E-state index in [-0.39, 0.29) is 11.9 Å². The summed E-state index contributed by atoms with van der Waals surface area (Å²) in [6, 6.07) is 12.0. The van der Waals surface area contributed by atoms with Crippen molar-refractivity contribution in [3.05, 3.63) is 60.4 Å². The van der Waals surface area contributed by atoms with Crippen LogP contribution in [0.25, 0.3) is 0 Å². The molecule has 0 aliphatic rings. The van der Waals surface area contributed by atoms with E-state index in [1.807, 2.05) is 30.3 Å². The molecule has 3 N–H and O–H groups in total. The van der Waals surface area contributed by atoms with Crippen molar-refractivity contribution in [3.8, 4) is 0 Å². The van der Waals surface area contributed by atoms with Crippen LogP contribution in [0, 0.1) is 5.92 Å². The third-order valence-electron chi connectivity index (χ3n) is 3.86. The second kappa shape index (κ2) is 10.2. The maximum atomic E-state index is 12.7. The van der Waals surface area contributed by atoms with E-state index in [9.17, 15) is 9.59 Å². The normalized spacial score (nSPS) is 11.7. The molecule has 0 unspecified atom stereocenters. The Hall–Kier alpha value is -2.89. The summed E-state index contributed by atoms with van der Waals surface area (Å²) < 4.78 is 0. The molecule has 26 heavy (non-hydrogen) atoms. The fourth-order valence-electron chi connectivity index (χ4n) is 2.41. The fraction of sp³-hybridized carbons (Fsp3) is 0.350. The van der Waals surface area contributed by atoms with Crippen molar-refractivity contribution in [2.45, 2.75) is 32.7 Å². The molecule has 1 atom stereocenters. The minimum Gasteiger partial charge on any atom is -0.338 e. The highest BCUT2D eigenvalue weighted by Gasteiger charge is 2.21. The highest BCUT2D eigenvalue weighted by molar-refractivity contribution is 5.97. The molecule has 1 aromatic carbocycles. The van der Waals surface area contributed by atoms with Crippen molar-refractivity contribution < 1.29 is 9.59 Å². The number of carbonyl (C=O) groups is 2. The van der Waals surface area contributed by atoms with Gasteiger partial charge >= 0.3 is 6.03 Å². The van der Waals surface area contributed by atoms with Gasteiger partial charge in [-0.15, -0.1) is 0 Å². The Balaban J connectivity index is 2.00. The number of urea groups is 1. The first kappa shape index (κ1) is 19.4. The second-order valence-electron chi connectivity index (χ2n) is 6.55. The first-order valence-electron chi connectivity index (χ1n) is 8.84. The molecule has 0 bridgehead atoms. The number of anilines is 1. The Bertz CT molecular complexity index is 689. The van der Waals surface area contributed by atoms with E-state index in [2.05, 4.69) is 34.8 Å². The monoisotopic (exact) mass is 354 g/mol. The van der Waals surface area contributed by atoms with Crippen molar-refractivity contribution in [3.63, 3.8) is 0 Å². The lowest BCUT2D eigenvalue weighted by atomic mass is 10.1. The molecule has 0 saturated carbocycles. The summed E-state index contributed by atoms with van der Waals surface area (Å²) in [6.45, 7) is 4.77. The average Bonchev–Trinajstić information content (AvgIpc) is 2.62. The molecule has 0 saturated heterocycles. The fourth-order valence-corrected chi connectivity index (χ4v) is 2.41. The number of benzene rings is 1. The van der Waals surface area contributed by atoms with Crippen molar-refractivity contribution in [2.24, 2.45) is 5.92 Å². The van der Waals surface area contributed by atoms with Crippen molar-refractivity contribution in [2.75, 3.05) is 11.9 Å². The van der Waals surface area contributed by atoms with Crippen LogP contribution in [0.2, 0.25) is 0 Å². The molecule has 0 fully saturated rings. The molecule has 0 aliphatic heterocycles. The van der Waals surface area contributed by atoms with E-state index < -0.39 is 6.04 Å². The Labute approximate surface area is 154 Å². The number of aromatic nitrogens is 1. The van der Waals surface area contributed by atoms with Crippen LogP contribution in [0.5, 0.6) is 0 Å². The highest BCUT2D eigenvalue weighted by Crippen LogP contribution is 2.08. The van der Waals surface area contributed by atoms with Gasteiger partial charge in [0, 0.05) is 31.0 Å². The lowest BCUT2D eigenvalue weighted by Gasteiger charge is -2.19. The van der Waals surface area contributed by atoms with Gasteiger partial charge in [-0.3, -0.25) is 9.78 Å². The minimum atomic E-state index is -0.676. The molecule has 2 rings (SSSR count). The molecule has 1 heterocycles. The summed E-state index contributed by atoms with van der Waals surface area (Å²) in [7, 11) is 0. The standard InChI is InChI=1S/C20H26N4O2/c1-15(2)8-13-22-20(26)24-18(14-16-6-4-3-5-7-16)19(25)23-17-9-11-21-12-10-17/h3-7,9-12,15,18H,8,13-14H2,1-2H3,(H,21,23,25)(H2,22,24,26)/t18-/m0/s1. The van der Waals surface area contributed by atoms with Gasteiger partial charge in [0.15, 0.2) is 0 Å². The Morgan fingerprint density at radius 2 is 1.73 bits per heavy atom. The molecule has 2 aromatic rings. The Morgan fingerprint density at radius 3 is 2.38 bits per heavy atom. The van der Waals surface area contributed by atoms with Crippen molar-refractivity contribution in [1.29, 1.82) is 0 Å². The predicted octanol–water partition coefficient (Wildman–Crippen LogP) is 2.98. The van der Waals surface area contributed by atoms with Gasteiger partial charge in [-0.2, -0.15) is 0 Å². The van der Waals surface area contributed by atoms with Gasteiger partial charge in [-0.1, -0.05) is 44.2 Å². The molecule has 0 aliphatic carbocycles. The van der Waals surface area contributed by atoms with E-state index in [1.54, 1.807) is 24.5 Å². The van der Waals surface area contributed by atoms with Crippen LogP contribution in [-0.2, 0) is 11.2 Å². The lowest BCUT2D eigenvalue weighted by molar-refractivity contribution is -0.117. The minimum absolute atomic E-state index is 0.265. The number of nitrogens with one attached hydrogen (secondary N) is 3. The smallest absolute Gasteiger partial charge is 0.315 e. The van der Waals surface area contributed by atoms with Gasteiger partial charge < -0.3 is 16.0 Å². The first-order valence-corrected chi connectivity index (χ1v) is 8.84. The van der Waals surface area contributed by atoms with Crippen LogP contribution in [0.15, 0.2) is 54.9 Å². The Morgan fingerprint density at radius 1 is 1.04 bits per heavy atom. The molecule has 0 spiro atoms. The van der Waals surface area contributed by atoms with Gasteiger partial charge in [0.2, 0.25) is 5.91 Å². The van der Waals surface area contributed by atoms with Crippen LogP contribution in [0.1, 0.15) is 25.8 Å². The molecule has 6 nitrogen and oxygen atoms in total. The number of rotatable bonds is 8. The average molecular weight is 354 g/mol. The molecule has 0 radical (unpaired) electrons. The predicted molar refractivity (Wildman–Crippen MR) is 103 cm³/mol. The quantitative estimate of drug-likeness (QED) is 0.681. The van der Waals surface area contributed by atoms with Crippen molar-refractivity contribution >= 4 is 17.6 Å². The van der Waals surface area contributed by atoms with Crippen LogP contribution >= 0.6 is 0 Å². The highest BCUT2D eigenvalue weighted by atomic mass is 16.2. The Kier molecular flexibility index (Phi) is 7.61. The third kappa shape index (κ3) is 6.93. The van der Waals surface area contributed by atoms with E-state index in [4.69, 9.17) is 0 Å². The summed E-state index contributed by atoms with van der Waals surface area (Å²) in [5, 5.41) is 8.41. The third-order valence-corrected chi connectivity index (χ3v) is 3.86. The first-order chi connectivity index (χ1) is 12.5. The van der Waals surface area contributed by atoms with E-state index in [0.29, 0.717) is 24.6 Å². The van der Waals surface area contributed by atoms with Crippen LogP contribution in [0.3, 0.4) is 0 Å². The maximum Gasteiger partial charge on any atom is 0.315 e. The summed E-state index contributed by atoms with van der Waals surface area (Å²) in [5.41, 5.74) is 1.62. The largest absolute Gasteiger partial charge is 0.338 e. The summed E-state index contributed by atoms with van der Waals surface area (Å²) in [6.07, 6.45) is 4.51. The van der Waals surface area contributed by atoms with E-state index in [1.165, 1.54) is 0 Å². The van der Waals surface area contributed by atoms with Gasteiger partial charge in [0.05, 0.1) is 0 Å². The van der Waals surface area contributed by atoms with Gasteiger partial charge in [-0.05, 0) is 30.0 Å². The SMILES string of the molecule is CC(C)CCNC(=O)N[C@@H](Cc1ccccc1)C(=O)Nc1ccncc1. The van der Waals surface area contributed by atoms with Crippen LogP contribution < -0.4 is 16.0 Å². The van der Waals surface area contributed by atoms with Crippen molar-refractivity contribution in [1.82, 2.24) is 15.6 Å². The van der Waals surface area contributed by atoms with E-state index in [0.717, 1.165) is 12.0 Å². The summed E-state index contributed by atoms with van der Waals surface area (Å²) >= 11 is 0. The zero-order valence-corrected chi connectivity index (χ0v) is 15.2. The summed E-state index contributed by atoms with van der Waals surface area (Å²) in [4.78, 5) is 28.8. The number of hydrogen-bond donors (Lipinski definition) is 3. The topological polar surface area (TPSA) is 83.1 Å². The summed E-state index contributed by atoms with van der Waals surface area (Å²) in [5.74, 6) is 0.240. The van der Waals surface area contributed by atoms with Crippen LogP contribution in [0.4, 0.5) is 10.5 Å². The zero-order valence-electron chi connectivity index (χ0n) is 15.2. The van der Waals surface area contributed by atoms with Gasteiger partial charge in [0.25, 0.3) is 0 Å². The molecule has 1 aromatic heterocycles. The van der Waals surface area contributed by atoms with Crippen LogP contribution in [-0.4, -0.2) is 29.5 Å². The number of hydrogen-bond acceptors (Lipinski definition) is 3. The van der Waals surface area contributed by atoms with Gasteiger partial charge in [0.1, 0.15) is 6.04 Å². The lowest BCUT2D eigenvalue weighted by Crippen LogP contribution is -2.49. The van der Waals surface area contributed by atoms with Gasteiger partial charge in [-0.25, -0.2) is 4.79 Å². The molecule has 138 valence electrons. The number of amides is 3. The number of nitrogens with zero attached hydrogens (tertiary/aromatic N) is 1. The number of pyridine rings is 1. The maximum absolute atomic E-state index is 12.7.